The van der Waals surface area contributed by atoms with E-state index in [1.807, 2.05) is 51.1 Å². The molecule has 2 bridgehead atoms. The van der Waals surface area contributed by atoms with Crippen LogP contribution in [0.2, 0.25) is 0 Å². The Morgan fingerprint density at radius 1 is 0.824 bits per heavy atom. The van der Waals surface area contributed by atoms with Crippen LogP contribution in [0, 0.1) is 22.7 Å². The monoisotopic (exact) mass is 711 g/mol. The van der Waals surface area contributed by atoms with Gasteiger partial charge in [0.2, 0.25) is 6.10 Å². The zero-order valence-electron chi connectivity index (χ0n) is 31.4. The summed E-state index contributed by atoms with van der Waals surface area (Å²) >= 11 is 0. The Balaban J connectivity index is 1.83. The average molecular weight is 712 g/mol. The number of carbonyl (C=O) groups excluding carboxylic acids is 5. The van der Waals surface area contributed by atoms with Gasteiger partial charge in [0.05, 0.1) is 12.1 Å². The minimum absolute atomic E-state index is 0.116. The molecule has 0 spiro atoms. The molecule has 0 heterocycles. The second-order valence-electron chi connectivity index (χ2n) is 15.2. The summed E-state index contributed by atoms with van der Waals surface area (Å²) in [6.45, 7) is 17.1. The van der Waals surface area contributed by atoms with Gasteiger partial charge < -0.3 is 28.8 Å². The minimum atomic E-state index is -1.35. The van der Waals surface area contributed by atoms with Crippen LogP contribution in [-0.4, -0.2) is 90.6 Å². The zero-order valence-corrected chi connectivity index (χ0v) is 31.4. The number of carbonyl (C=O) groups is 5. The van der Waals surface area contributed by atoms with Gasteiger partial charge in [0, 0.05) is 39.5 Å². The molecular formula is C39H53NO11. The highest BCUT2D eigenvalue weighted by Crippen LogP contribution is 2.60. The van der Waals surface area contributed by atoms with Crippen molar-refractivity contribution in [2.45, 2.75) is 117 Å². The highest BCUT2D eigenvalue weighted by atomic mass is 16.6. The van der Waals surface area contributed by atoms with Crippen LogP contribution in [0.4, 0.5) is 0 Å². The van der Waals surface area contributed by atoms with Crippen molar-refractivity contribution in [3.05, 3.63) is 59.2 Å². The molecule has 1 aromatic carbocycles. The number of fused-ring (bicyclic) bond motifs is 3. The second-order valence-corrected chi connectivity index (χ2v) is 15.2. The van der Waals surface area contributed by atoms with Crippen LogP contribution < -0.4 is 0 Å². The van der Waals surface area contributed by atoms with Gasteiger partial charge in [-0.15, -0.1) is 0 Å². The van der Waals surface area contributed by atoms with Gasteiger partial charge in [0.25, 0.3) is 0 Å². The molecule has 10 unspecified atom stereocenters. The molecule has 3 aliphatic carbocycles. The van der Waals surface area contributed by atoms with E-state index in [2.05, 4.69) is 6.58 Å². The van der Waals surface area contributed by atoms with Gasteiger partial charge in [0.15, 0.2) is 12.2 Å². The van der Waals surface area contributed by atoms with Crippen LogP contribution in [0.5, 0.6) is 0 Å². The molecule has 0 radical (unpaired) electrons. The van der Waals surface area contributed by atoms with Gasteiger partial charge in [-0.1, -0.05) is 57.7 Å². The molecule has 2 fully saturated rings. The van der Waals surface area contributed by atoms with Gasteiger partial charge in [-0.25, -0.2) is 4.79 Å². The molecular weight excluding hydrogens is 658 g/mol. The summed E-state index contributed by atoms with van der Waals surface area (Å²) in [6.07, 6.45) is -5.89. The molecule has 3 aliphatic rings. The van der Waals surface area contributed by atoms with Gasteiger partial charge in [-0.2, -0.15) is 0 Å². The molecule has 2 saturated carbocycles. The molecule has 0 saturated heterocycles. The maximum absolute atomic E-state index is 14.1. The van der Waals surface area contributed by atoms with E-state index in [1.165, 1.54) is 27.7 Å². The molecule has 4 rings (SSSR count). The lowest BCUT2D eigenvalue weighted by Gasteiger charge is -2.59. The van der Waals surface area contributed by atoms with E-state index in [9.17, 15) is 29.1 Å². The Bertz CT molecular complexity index is 1570. The summed E-state index contributed by atoms with van der Waals surface area (Å²) in [5.41, 5.74) is 0.612. The fourth-order valence-electron chi connectivity index (χ4n) is 8.78. The zero-order chi connectivity index (χ0) is 38.2. The van der Waals surface area contributed by atoms with Crippen LogP contribution in [0.1, 0.15) is 86.3 Å². The predicted octanol–water partition coefficient (Wildman–Crippen LogP) is 4.64. The fraction of sp³-hybridized carbons (Fsp3) is 0.615. The lowest BCUT2D eigenvalue weighted by Crippen LogP contribution is -2.64. The third kappa shape index (κ3) is 7.91. The van der Waals surface area contributed by atoms with Crippen molar-refractivity contribution in [2.24, 2.45) is 22.7 Å². The maximum atomic E-state index is 14.1. The summed E-state index contributed by atoms with van der Waals surface area (Å²) in [5, 5.41) is 12.2. The number of esters is 5. The highest BCUT2D eigenvalue weighted by molar-refractivity contribution is 5.80. The number of rotatable bonds is 9. The Labute approximate surface area is 300 Å². The number of benzene rings is 1. The standard InChI is InChI=1S/C39H53NO11/c1-20-28-17-27-18-29(47-22(3)41)21(2)32(38(27,7)8)34(48-23(4)42)36(50-25(6)44)39(28,9)31(45)19-30(20)51-37(46)35(49-24(5)43)33(40(10)11)26-15-13-12-14-16-26/h12-16,27-31,33-36,45H,1,17-19H2,2-11H3. The molecule has 1 N–H and O–H groups in total. The molecule has 0 aliphatic heterocycles. The summed E-state index contributed by atoms with van der Waals surface area (Å²) in [6, 6.07) is 8.44. The number of hydrogen-bond acceptors (Lipinski definition) is 12. The Morgan fingerprint density at radius 3 is 1.94 bits per heavy atom. The minimum Gasteiger partial charge on any atom is -0.458 e. The van der Waals surface area contributed by atoms with Crippen LogP contribution in [0.25, 0.3) is 0 Å². The average Bonchev–Trinajstić information content (AvgIpc) is 3.01. The van der Waals surface area contributed by atoms with Crippen molar-refractivity contribution >= 4 is 29.8 Å². The first-order chi connectivity index (χ1) is 23.7. The normalized spacial score (nSPS) is 31.2. The van der Waals surface area contributed by atoms with E-state index < -0.39 is 89.3 Å². The van der Waals surface area contributed by atoms with E-state index >= 15 is 0 Å². The Hall–Kier alpha value is -4.03. The maximum Gasteiger partial charge on any atom is 0.350 e. The van der Waals surface area contributed by atoms with E-state index in [1.54, 1.807) is 25.9 Å². The number of aliphatic hydroxyl groups excluding tert-OH is 1. The van der Waals surface area contributed by atoms with Gasteiger partial charge in [-0.3, -0.25) is 24.1 Å². The molecule has 10 atom stereocenters. The van der Waals surface area contributed by atoms with Crippen molar-refractivity contribution in [3.63, 3.8) is 0 Å². The number of aliphatic hydroxyl groups is 1. The number of likely N-dealkylation sites (N-methyl/N-ethyl adjacent to an activating group) is 1. The first kappa shape index (κ1) is 39.8. The van der Waals surface area contributed by atoms with Gasteiger partial charge in [-0.05, 0) is 73.4 Å². The second kappa shape index (κ2) is 15.3. The van der Waals surface area contributed by atoms with Crippen molar-refractivity contribution < 1.29 is 52.8 Å². The summed E-state index contributed by atoms with van der Waals surface area (Å²) in [5.74, 6) is -4.08. The summed E-state index contributed by atoms with van der Waals surface area (Å²) < 4.78 is 29.6. The van der Waals surface area contributed by atoms with Crippen molar-refractivity contribution in [3.8, 4) is 0 Å². The van der Waals surface area contributed by atoms with Crippen LogP contribution >= 0.6 is 0 Å². The fourth-order valence-corrected chi connectivity index (χ4v) is 8.78. The van der Waals surface area contributed by atoms with Gasteiger partial charge in [0.1, 0.15) is 12.2 Å². The topological polar surface area (TPSA) is 155 Å². The third-order valence-corrected chi connectivity index (χ3v) is 11.2. The first-order valence-corrected chi connectivity index (χ1v) is 17.4. The number of ether oxygens (including phenoxy) is 5. The van der Waals surface area contributed by atoms with E-state index in [4.69, 9.17) is 23.7 Å². The molecule has 12 nitrogen and oxygen atoms in total. The van der Waals surface area contributed by atoms with Crippen LogP contribution in [-0.2, 0) is 47.7 Å². The quantitative estimate of drug-likeness (QED) is 0.216. The smallest absolute Gasteiger partial charge is 0.350 e. The van der Waals surface area contributed by atoms with Crippen molar-refractivity contribution in [2.75, 3.05) is 14.1 Å². The number of hydrogen-bond donors (Lipinski definition) is 1. The molecule has 280 valence electrons. The van der Waals surface area contributed by atoms with Crippen LogP contribution in [0.15, 0.2) is 53.6 Å². The predicted molar refractivity (Wildman–Crippen MR) is 186 cm³/mol. The lowest BCUT2D eigenvalue weighted by molar-refractivity contribution is -0.207. The van der Waals surface area contributed by atoms with E-state index in [-0.39, 0.29) is 12.3 Å². The van der Waals surface area contributed by atoms with Crippen LogP contribution in [0.3, 0.4) is 0 Å². The van der Waals surface area contributed by atoms with Crippen molar-refractivity contribution in [1.29, 1.82) is 0 Å². The number of nitrogens with zero attached hydrogens (tertiary/aromatic N) is 1. The van der Waals surface area contributed by atoms with E-state index in [0.717, 1.165) is 5.56 Å². The molecule has 1 aromatic rings. The molecule has 0 amide bonds. The van der Waals surface area contributed by atoms with Crippen molar-refractivity contribution in [1.82, 2.24) is 4.90 Å². The first-order valence-electron chi connectivity index (χ1n) is 17.4. The summed E-state index contributed by atoms with van der Waals surface area (Å²) in [4.78, 5) is 66.0. The SMILES string of the molecule is C=C1C(OC(=O)C(OC(C)=O)C(c2ccccc2)N(C)C)CC(O)C2(C)C1CC1CC(OC(C)=O)C(C)=C(C(OC(C)=O)C2OC(C)=O)C1(C)C. The Morgan fingerprint density at radius 2 is 1.41 bits per heavy atom. The Kier molecular flexibility index (Phi) is 11.9. The highest BCUT2D eigenvalue weighted by Gasteiger charge is 2.63. The lowest BCUT2D eigenvalue weighted by atomic mass is 9.49. The van der Waals surface area contributed by atoms with Gasteiger partial charge >= 0.3 is 29.8 Å². The third-order valence-electron chi connectivity index (χ3n) is 11.2. The molecule has 12 heteroatoms. The van der Waals surface area contributed by atoms with E-state index in [0.29, 0.717) is 29.6 Å². The molecule has 0 aromatic heterocycles. The largest absolute Gasteiger partial charge is 0.458 e. The summed E-state index contributed by atoms with van der Waals surface area (Å²) in [7, 11) is 3.53. The molecule has 51 heavy (non-hydrogen) atoms.